The predicted molar refractivity (Wildman–Crippen MR) is 79.5 cm³/mol. The van der Waals surface area contributed by atoms with Crippen molar-refractivity contribution in [2.45, 2.75) is 26.7 Å². The summed E-state index contributed by atoms with van der Waals surface area (Å²) in [5, 5.41) is 6.19. The van der Waals surface area contributed by atoms with Gasteiger partial charge in [-0.3, -0.25) is 0 Å². The Morgan fingerprint density at radius 3 is 2.95 bits per heavy atom. The molecular weight excluding hydrogens is 257 g/mol. The van der Waals surface area contributed by atoms with E-state index in [0.717, 1.165) is 45.6 Å². The fraction of sp³-hybridized carbons (Fsp3) is 0.714. The van der Waals surface area contributed by atoms with Gasteiger partial charge in [0.05, 0.1) is 6.20 Å². The predicted octanol–water partition coefficient (Wildman–Crippen LogP) is 2.19. The Bertz CT molecular complexity index is 426. The summed E-state index contributed by atoms with van der Waals surface area (Å²) in [5.41, 5.74) is 0. The van der Waals surface area contributed by atoms with Crippen molar-refractivity contribution in [2.75, 3.05) is 43.4 Å². The van der Waals surface area contributed by atoms with Gasteiger partial charge < -0.3 is 15.5 Å². The molecule has 1 aromatic rings. The fourth-order valence-electron chi connectivity index (χ4n) is 2.42. The molecule has 2 N–H and O–H groups in total. The van der Waals surface area contributed by atoms with Crippen LogP contribution >= 0.6 is 0 Å². The van der Waals surface area contributed by atoms with Crippen molar-refractivity contribution < 1.29 is 4.39 Å². The van der Waals surface area contributed by atoms with Crippen LogP contribution in [0.5, 0.6) is 0 Å². The molecule has 0 aliphatic carbocycles. The highest BCUT2D eigenvalue weighted by Gasteiger charge is 2.21. The molecule has 1 atom stereocenters. The maximum atomic E-state index is 13.7. The molecule has 0 spiro atoms. The van der Waals surface area contributed by atoms with E-state index in [2.05, 4.69) is 39.3 Å². The Labute approximate surface area is 120 Å². The molecular formula is C14H24FN5. The number of hydrogen-bond acceptors (Lipinski definition) is 5. The van der Waals surface area contributed by atoms with E-state index in [0.29, 0.717) is 17.7 Å². The lowest BCUT2D eigenvalue weighted by Gasteiger charge is -2.14. The summed E-state index contributed by atoms with van der Waals surface area (Å²) in [6, 6.07) is 0. The lowest BCUT2D eigenvalue weighted by Crippen LogP contribution is -2.23. The molecule has 2 heterocycles. The van der Waals surface area contributed by atoms with Crippen molar-refractivity contribution in [1.29, 1.82) is 0 Å². The number of likely N-dealkylation sites (tertiary alicyclic amines) is 1. The van der Waals surface area contributed by atoms with Crippen LogP contribution in [0.2, 0.25) is 0 Å². The number of aromatic nitrogens is 2. The first-order valence-corrected chi connectivity index (χ1v) is 7.45. The minimum atomic E-state index is -0.391. The molecule has 6 heteroatoms. The number of rotatable bonds is 7. The summed E-state index contributed by atoms with van der Waals surface area (Å²) in [4.78, 5) is 10.5. The number of nitrogens with zero attached hydrogens (tertiary/aromatic N) is 3. The molecule has 1 saturated heterocycles. The highest BCUT2D eigenvalue weighted by molar-refractivity contribution is 5.41. The van der Waals surface area contributed by atoms with Crippen LogP contribution < -0.4 is 10.6 Å². The van der Waals surface area contributed by atoms with Gasteiger partial charge in [-0.1, -0.05) is 13.8 Å². The molecule has 5 nitrogen and oxygen atoms in total. The van der Waals surface area contributed by atoms with Gasteiger partial charge in [0.15, 0.2) is 11.6 Å². The van der Waals surface area contributed by atoms with E-state index in [1.807, 2.05) is 0 Å². The standard InChI is InChI=1S/C14H24FN5/c1-3-6-16-14-18-9-12(15)13(19-14)17-8-11-5-7-20(4-2)10-11/h9,11H,3-8,10H2,1-2H3,(H2,16,17,18,19). The van der Waals surface area contributed by atoms with Gasteiger partial charge in [0.2, 0.25) is 5.95 Å². The van der Waals surface area contributed by atoms with Gasteiger partial charge in [0, 0.05) is 19.6 Å². The first-order valence-electron chi connectivity index (χ1n) is 7.45. The lowest BCUT2D eigenvalue weighted by atomic mass is 10.1. The van der Waals surface area contributed by atoms with Gasteiger partial charge in [-0.05, 0) is 31.8 Å². The number of hydrogen-bond donors (Lipinski definition) is 2. The van der Waals surface area contributed by atoms with Crippen LogP contribution in [-0.4, -0.2) is 47.6 Å². The second kappa shape index (κ2) is 7.38. The SMILES string of the molecule is CCCNc1ncc(F)c(NCC2CCN(CC)C2)n1. The van der Waals surface area contributed by atoms with E-state index >= 15 is 0 Å². The Hall–Kier alpha value is -1.43. The van der Waals surface area contributed by atoms with Gasteiger partial charge in [-0.15, -0.1) is 0 Å². The van der Waals surface area contributed by atoms with E-state index in [1.165, 1.54) is 6.20 Å². The zero-order valence-electron chi connectivity index (χ0n) is 12.3. The zero-order chi connectivity index (χ0) is 14.4. The first kappa shape index (κ1) is 15.0. The molecule has 1 aliphatic rings. The van der Waals surface area contributed by atoms with Crippen LogP contribution in [0, 0.1) is 11.7 Å². The molecule has 0 saturated carbocycles. The lowest BCUT2D eigenvalue weighted by molar-refractivity contribution is 0.345. The van der Waals surface area contributed by atoms with Gasteiger partial charge in [0.25, 0.3) is 0 Å². The van der Waals surface area contributed by atoms with Gasteiger partial charge in [0.1, 0.15) is 0 Å². The van der Waals surface area contributed by atoms with Crippen LogP contribution in [0.3, 0.4) is 0 Å². The minimum Gasteiger partial charge on any atom is -0.367 e. The van der Waals surface area contributed by atoms with Gasteiger partial charge >= 0.3 is 0 Å². The molecule has 1 fully saturated rings. The average Bonchev–Trinajstić information content (AvgIpc) is 2.93. The topological polar surface area (TPSA) is 53.1 Å². The summed E-state index contributed by atoms with van der Waals surface area (Å²) in [5.74, 6) is 0.958. The third-order valence-electron chi connectivity index (χ3n) is 3.65. The van der Waals surface area contributed by atoms with Crippen molar-refractivity contribution in [1.82, 2.24) is 14.9 Å². The van der Waals surface area contributed by atoms with Gasteiger partial charge in [-0.25, -0.2) is 9.37 Å². The van der Waals surface area contributed by atoms with Crippen molar-refractivity contribution in [2.24, 2.45) is 5.92 Å². The Morgan fingerprint density at radius 1 is 1.40 bits per heavy atom. The molecule has 1 aliphatic heterocycles. The van der Waals surface area contributed by atoms with E-state index in [4.69, 9.17) is 0 Å². The Balaban J connectivity index is 1.88. The normalized spacial score (nSPS) is 19.2. The van der Waals surface area contributed by atoms with Crippen LogP contribution in [0.25, 0.3) is 0 Å². The molecule has 112 valence electrons. The summed E-state index contributed by atoms with van der Waals surface area (Å²) < 4.78 is 13.7. The Kier molecular flexibility index (Phi) is 5.52. The first-order chi connectivity index (χ1) is 9.72. The fourth-order valence-corrected chi connectivity index (χ4v) is 2.42. The van der Waals surface area contributed by atoms with Crippen LogP contribution in [0.15, 0.2) is 6.20 Å². The second-order valence-electron chi connectivity index (χ2n) is 5.25. The summed E-state index contributed by atoms with van der Waals surface area (Å²) in [6.07, 6.45) is 3.37. The van der Waals surface area contributed by atoms with Crippen molar-refractivity contribution in [3.63, 3.8) is 0 Å². The van der Waals surface area contributed by atoms with E-state index in [1.54, 1.807) is 0 Å². The molecule has 1 aromatic heterocycles. The number of anilines is 2. The molecule has 0 aromatic carbocycles. The second-order valence-corrected chi connectivity index (χ2v) is 5.25. The van der Waals surface area contributed by atoms with Crippen LogP contribution in [-0.2, 0) is 0 Å². The minimum absolute atomic E-state index is 0.300. The monoisotopic (exact) mass is 281 g/mol. The Morgan fingerprint density at radius 2 is 2.25 bits per heavy atom. The molecule has 20 heavy (non-hydrogen) atoms. The zero-order valence-corrected chi connectivity index (χ0v) is 12.3. The van der Waals surface area contributed by atoms with Crippen molar-refractivity contribution >= 4 is 11.8 Å². The highest BCUT2D eigenvalue weighted by atomic mass is 19.1. The number of nitrogens with one attached hydrogen (secondary N) is 2. The van der Waals surface area contributed by atoms with E-state index < -0.39 is 5.82 Å². The maximum absolute atomic E-state index is 13.7. The molecule has 0 amide bonds. The van der Waals surface area contributed by atoms with E-state index in [-0.39, 0.29) is 0 Å². The average molecular weight is 281 g/mol. The van der Waals surface area contributed by atoms with Crippen molar-refractivity contribution in [3.8, 4) is 0 Å². The van der Waals surface area contributed by atoms with Gasteiger partial charge in [-0.2, -0.15) is 4.98 Å². The number of halogens is 1. The highest BCUT2D eigenvalue weighted by Crippen LogP contribution is 2.18. The maximum Gasteiger partial charge on any atom is 0.224 e. The smallest absolute Gasteiger partial charge is 0.224 e. The largest absolute Gasteiger partial charge is 0.367 e. The quantitative estimate of drug-likeness (QED) is 0.802. The summed E-state index contributed by atoms with van der Waals surface area (Å²) in [6.45, 7) is 9.09. The van der Waals surface area contributed by atoms with Crippen LogP contribution in [0.1, 0.15) is 26.7 Å². The molecule has 0 radical (unpaired) electrons. The van der Waals surface area contributed by atoms with Crippen LogP contribution in [0.4, 0.5) is 16.2 Å². The third-order valence-corrected chi connectivity index (χ3v) is 3.65. The summed E-state index contributed by atoms with van der Waals surface area (Å²) >= 11 is 0. The summed E-state index contributed by atoms with van der Waals surface area (Å²) in [7, 11) is 0. The molecule has 2 rings (SSSR count). The molecule has 1 unspecified atom stereocenters. The van der Waals surface area contributed by atoms with Crippen molar-refractivity contribution in [3.05, 3.63) is 12.0 Å². The third kappa shape index (κ3) is 4.03. The molecule has 0 bridgehead atoms. The van der Waals surface area contributed by atoms with E-state index in [9.17, 15) is 4.39 Å².